The third kappa shape index (κ3) is 1.45. The number of carbonyl (C=O) groups is 1. The van der Waals surface area contributed by atoms with Crippen molar-refractivity contribution in [2.75, 3.05) is 0 Å². The topological polar surface area (TPSA) is 37.3 Å². The monoisotopic (exact) mass is 196 g/mol. The lowest BCUT2D eigenvalue weighted by Gasteiger charge is -2.51. The van der Waals surface area contributed by atoms with Crippen LogP contribution in [-0.4, -0.2) is 11.1 Å². The van der Waals surface area contributed by atoms with Gasteiger partial charge in [-0.05, 0) is 43.4 Å². The van der Waals surface area contributed by atoms with Crippen molar-refractivity contribution in [1.29, 1.82) is 0 Å². The Balaban J connectivity index is 2.02. The third-order valence-corrected chi connectivity index (χ3v) is 4.26. The van der Waals surface area contributed by atoms with Gasteiger partial charge in [0, 0.05) is 0 Å². The predicted molar refractivity (Wildman–Crippen MR) is 55.0 cm³/mol. The molecule has 2 heteroatoms. The zero-order valence-electron chi connectivity index (χ0n) is 9.18. The molecule has 1 N–H and O–H groups in total. The minimum Gasteiger partial charge on any atom is -0.481 e. The lowest BCUT2D eigenvalue weighted by Crippen LogP contribution is -2.47. The molecule has 80 valence electrons. The number of aliphatic carboxylic acids is 1. The van der Waals surface area contributed by atoms with Crippen LogP contribution >= 0.6 is 0 Å². The van der Waals surface area contributed by atoms with E-state index in [-0.39, 0.29) is 5.41 Å². The lowest BCUT2D eigenvalue weighted by atomic mass is 9.53. The van der Waals surface area contributed by atoms with E-state index < -0.39 is 5.97 Å². The largest absolute Gasteiger partial charge is 0.481 e. The Hall–Kier alpha value is -0.530. The van der Waals surface area contributed by atoms with E-state index >= 15 is 0 Å². The molecule has 0 bridgehead atoms. The highest BCUT2D eigenvalue weighted by atomic mass is 16.4. The minimum atomic E-state index is -0.552. The molecule has 2 aliphatic carbocycles. The van der Waals surface area contributed by atoms with Crippen LogP contribution < -0.4 is 0 Å². The fraction of sp³-hybridized carbons (Fsp3) is 0.917. The Morgan fingerprint density at radius 3 is 2.29 bits per heavy atom. The summed E-state index contributed by atoms with van der Waals surface area (Å²) in [5.74, 6) is 0.0681. The van der Waals surface area contributed by atoms with Crippen LogP contribution in [0.15, 0.2) is 0 Å². The van der Waals surface area contributed by atoms with Crippen LogP contribution in [-0.2, 0) is 4.79 Å². The SMILES string of the molecule is CC1CC(CC2(C)CCC2)(C(=O)O)C1. The highest BCUT2D eigenvalue weighted by Crippen LogP contribution is 2.57. The predicted octanol–water partition coefficient (Wildman–Crippen LogP) is 3.07. The van der Waals surface area contributed by atoms with Crippen molar-refractivity contribution in [2.24, 2.45) is 16.7 Å². The van der Waals surface area contributed by atoms with E-state index in [1.807, 2.05) is 0 Å². The average molecular weight is 196 g/mol. The summed E-state index contributed by atoms with van der Waals surface area (Å²) in [6.07, 6.45) is 6.48. The highest BCUT2D eigenvalue weighted by Gasteiger charge is 2.52. The van der Waals surface area contributed by atoms with Crippen molar-refractivity contribution in [2.45, 2.75) is 52.4 Å². The normalized spacial score (nSPS) is 39.7. The van der Waals surface area contributed by atoms with Gasteiger partial charge in [0.1, 0.15) is 0 Å². The van der Waals surface area contributed by atoms with E-state index in [0.29, 0.717) is 11.3 Å². The number of rotatable bonds is 3. The molecule has 0 amide bonds. The van der Waals surface area contributed by atoms with Crippen LogP contribution in [0.5, 0.6) is 0 Å². The van der Waals surface area contributed by atoms with E-state index in [9.17, 15) is 9.90 Å². The zero-order chi connectivity index (χ0) is 10.4. The Labute approximate surface area is 85.7 Å². The summed E-state index contributed by atoms with van der Waals surface area (Å²) < 4.78 is 0. The maximum absolute atomic E-state index is 11.3. The second-order valence-electron chi connectivity index (χ2n) is 5.94. The van der Waals surface area contributed by atoms with E-state index in [1.165, 1.54) is 19.3 Å². The first-order valence-corrected chi connectivity index (χ1v) is 5.69. The van der Waals surface area contributed by atoms with Gasteiger partial charge in [-0.3, -0.25) is 4.79 Å². The zero-order valence-corrected chi connectivity index (χ0v) is 9.18. The van der Waals surface area contributed by atoms with Crippen molar-refractivity contribution in [3.63, 3.8) is 0 Å². The number of carboxylic acids is 1. The summed E-state index contributed by atoms with van der Waals surface area (Å²) in [7, 11) is 0. The quantitative estimate of drug-likeness (QED) is 0.753. The summed E-state index contributed by atoms with van der Waals surface area (Å²) >= 11 is 0. The van der Waals surface area contributed by atoms with E-state index in [0.717, 1.165) is 19.3 Å². The molecule has 2 nitrogen and oxygen atoms in total. The van der Waals surface area contributed by atoms with Gasteiger partial charge in [0.2, 0.25) is 0 Å². The van der Waals surface area contributed by atoms with Gasteiger partial charge in [-0.1, -0.05) is 20.3 Å². The Morgan fingerprint density at radius 2 is 2.00 bits per heavy atom. The van der Waals surface area contributed by atoms with Gasteiger partial charge >= 0.3 is 5.97 Å². The summed E-state index contributed by atoms with van der Waals surface area (Å²) in [4.78, 5) is 11.3. The van der Waals surface area contributed by atoms with Crippen LogP contribution in [0.4, 0.5) is 0 Å². The maximum Gasteiger partial charge on any atom is 0.309 e. The molecule has 0 heterocycles. The molecule has 0 aromatic heterocycles. The summed E-state index contributed by atoms with van der Waals surface area (Å²) in [5.41, 5.74) is -0.00683. The Bertz CT molecular complexity index is 247. The molecule has 0 saturated heterocycles. The number of hydrogen-bond acceptors (Lipinski definition) is 1. The lowest BCUT2D eigenvalue weighted by molar-refractivity contribution is -0.163. The second-order valence-corrected chi connectivity index (χ2v) is 5.94. The summed E-state index contributed by atoms with van der Waals surface area (Å²) in [6.45, 7) is 4.41. The van der Waals surface area contributed by atoms with Gasteiger partial charge in [0.25, 0.3) is 0 Å². The molecular weight excluding hydrogens is 176 g/mol. The molecule has 0 radical (unpaired) electrons. The van der Waals surface area contributed by atoms with Crippen molar-refractivity contribution >= 4 is 5.97 Å². The van der Waals surface area contributed by atoms with Crippen LogP contribution in [0, 0.1) is 16.7 Å². The van der Waals surface area contributed by atoms with Gasteiger partial charge in [0.15, 0.2) is 0 Å². The maximum atomic E-state index is 11.3. The molecule has 0 aromatic carbocycles. The van der Waals surface area contributed by atoms with Crippen LogP contribution in [0.3, 0.4) is 0 Å². The molecule has 2 saturated carbocycles. The first-order valence-electron chi connectivity index (χ1n) is 5.69. The molecule has 0 aliphatic heterocycles. The van der Waals surface area contributed by atoms with Crippen LogP contribution in [0.1, 0.15) is 52.4 Å². The van der Waals surface area contributed by atoms with E-state index in [2.05, 4.69) is 13.8 Å². The van der Waals surface area contributed by atoms with Crippen molar-refractivity contribution in [1.82, 2.24) is 0 Å². The third-order valence-electron chi connectivity index (χ3n) is 4.26. The van der Waals surface area contributed by atoms with Crippen molar-refractivity contribution < 1.29 is 9.90 Å². The van der Waals surface area contributed by atoms with Gasteiger partial charge in [0.05, 0.1) is 5.41 Å². The molecule has 2 fully saturated rings. The number of hydrogen-bond donors (Lipinski definition) is 1. The highest BCUT2D eigenvalue weighted by molar-refractivity contribution is 5.76. The van der Waals surface area contributed by atoms with Gasteiger partial charge in [-0.15, -0.1) is 0 Å². The fourth-order valence-electron chi connectivity index (χ4n) is 3.44. The van der Waals surface area contributed by atoms with Crippen molar-refractivity contribution in [3.05, 3.63) is 0 Å². The molecule has 0 aromatic rings. The minimum absolute atomic E-state index is 0.346. The molecular formula is C12H20O2. The van der Waals surface area contributed by atoms with Gasteiger partial charge < -0.3 is 5.11 Å². The van der Waals surface area contributed by atoms with E-state index in [1.54, 1.807) is 0 Å². The van der Waals surface area contributed by atoms with Crippen LogP contribution in [0.25, 0.3) is 0 Å². The smallest absolute Gasteiger partial charge is 0.309 e. The summed E-state index contributed by atoms with van der Waals surface area (Å²) in [5, 5.41) is 9.28. The Kier molecular flexibility index (Phi) is 2.13. The Morgan fingerprint density at radius 1 is 1.43 bits per heavy atom. The second kappa shape index (κ2) is 2.98. The molecule has 14 heavy (non-hydrogen) atoms. The molecule has 0 atom stereocenters. The molecule has 0 unspecified atom stereocenters. The molecule has 2 aliphatic rings. The molecule has 2 rings (SSSR count). The van der Waals surface area contributed by atoms with E-state index in [4.69, 9.17) is 0 Å². The first kappa shape index (κ1) is 10.0. The first-order chi connectivity index (χ1) is 6.46. The van der Waals surface area contributed by atoms with Crippen LogP contribution in [0.2, 0.25) is 0 Å². The van der Waals surface area contributed by atoms with Gasteiger partial charge in [-0.25, -0.2) is 0 Å². The standard InChI is InChI=1S/C12H20O2/c1-9-6-12(7-9,10(13)14)8-11(2)4-3-5-11/h9H,3-8H2,1-2H3,(H,13,14). The number of carboxylic acid groups (broad SMARTS) is 1. The van der Waals surface area contributed by atoms with Gasteiger partial charge in [-0.2, -0.15) is 0 Å². The van der Waals surface area contributed by atoms with Crippen molar-refractivity contribution in [3.8, 4) is 0 Å². The fourth-order valence-corrected chi connectivity index (χ4v) is 3.44. The average Bonchev–Trinajstić information content (AvgIpc) is 1.97. The summed E-state index contributed by atoms with van der Waals surface area (Å²) in [6, 6.07) is 0. The molecule has 0 spiro atoms.